The van der Waals surface area contributed by atoms with Crippen molar-refractivity contribution < 1.29 is 13.2 Å². The van der Waals surface area contributed by atoms with E-state index in [0.717, 1.165) is 5.19 Å². The summed E-state index contributed by atoms with van der Waals surface area (Å²) in [5.41, 5.74) is -0.662. The highest BCUT2D eigenvalue weighted by Gasteiger charge is 2.57. The van der Waals surface area contributed by atoms with Gasteiger partial charge in [-0.15, -0.1) is 0 Å². The molecule has 1 fully saturated rings. The van der Waals surface area contributed by atoms with Crippen molar-refractivity contribution in [3.63, 3.8) is 0 Å². The van der Waals surface area contributed by atoms with E-state index in [0.29, 0.717) is 0 Å². The van der Waals surface area contributed by atoms with Crippen molar-refractivity contribution in [3.05, 3.63) is 30.1 Å². The van der Waals surface area contributed by atoms with Crippen LogP contribution in [0.4, 0.5) is 4.39 Å². The van der Waals surface area contributed by atoms with E-state index >= 15 is 0 Å². The molecular weight excluding hydrogens is 235 g/mol. The molecule has 0 bridgehead atoms. The molecule has 2 rings (SSSR count). The zero-order valence-electron chi connectivity index (χ0n) is 11.0. The molecule has 17 heavy (non-hydrogen) atoms. The molecule has 2 nitrogen and oxygen atoms in total. The Hall–Kier alpha value is -0.713. The van der Waals surface area contributed by atoms with E-state index in [1.165, 1.54) is 12.1 Å². The summed E-state index contributed by atoms with van der Waals surface area (Å²) < 4.78 is 25.3. The number of hydrogen-bond acceptors (Lipinski definition) is 2. The third-order valence-electron chi connectivity index (χ3n) is 3.72. The van der Waals surface area contributed by atoms with Gasteiger partial charge < -0.3 is 8.85 Å². The summed E-state index contributed by atoms with van der Waals surface area (Å²) in [4.78, 5) is 0. The predicted molar refractivity (Wildman–Crippen MR) is 68.0 cm³/mol. The third-order valence-corrected chi connectivity index (χ3v) is 6.90. The van der Waals surface area contributed by atoms with Crippen LogP contribution in [-0.4, -0.2) is 19.8 Å². The minimum absolute atomic E-state index is 0.233. The van der Waals surface area contributed by atoms with Crippen molar-refractivity contribution in [1.29, 1.82) is 0 Å². The summed E-state index contributed by atoms with van der Waals surface area (Å²) in [6.07, 6.45) is 0. The van der Waals surface area contributed by atoms with Gasteiger partial charge in [-0.3, -0.25) is 0 Å². The largest absolute Gasteiger partial charge is 0.383 e. The third kappa shape index (κ3) is 2.05. The fraction of sp³-hybridized carbons (Fsp3) is 0.538. The van der Waals surface area contributed by atoms with Crippen molar-refractivity contribution in [1.82, 2.24) is 0 Å². The summed E-state index contributed by atoms with van der Waals surface area (Å²) in [7, 11) is -2.42. The van der Waals surface area contributed by atoms with Crippen LogP contribution in [0.25, 0.3) is 0 Å². The average molecular weight is 254 g/mol. The molecule has 1 aromatic carbocycles. The number of hydrogen-bond donors (Lipinski definition) is 0. The van der Waals surface area contributed by atoms with Crippen molar-refractivity contribution in [2.45, 2.75) is 45.4 Å². The summed E-state index contributed by atoms with van der Waals surface area (Å²) in [5.74, 6) is -0.233. The SMILES string of the molecule is CC1(C)O[Si](C)(c2ccc(F)cc2)OC1(C)C. The van der Waals surface area contributed by atoms with Crippen LogP contribution in [-0.2, 0) is 8.85 Å². The van der Waals surface area contributed by atoms with E-state index in [1.54, 1.807) is 12.1 Å². The Balaban J connectivity index is 2.37. The molecule has 0 amide bonds. The Morgan fingerprint density at radius 1 is 0.941 bits per heavy atom. The second kappa shape index (κ2) is 3.64. The molecular formula is C13H19FO2Si. The summed E-state index contributed by atoms with van der Waals surface area (Å²) in [6, 6.07) is 6.44. The van der Waals surface area contributed by atoms with E-state index in [9.17, 15) is 4.39 Å². The monoisotopic (exact) mass is 254 g/mol. The topological polar surface area (TPSA) is 18.5 Å². The fourth-order valence-electron chi connectivity index (χ4n) is 2.11. The Morgan fingerprint density at radius 3 is 1.76 bits per heavy atom. The van der Waals surface area contributed by atoms with E-state index in [2.05, 4.69) is 0 Å². The van der Waals surface area contributed by atoms with Gasteiger partial charge in [-0.1, -0.05) is 12.1 Å². The molecule has 1 aromatic rings. The van der Waals surface area contributed by atoms with Gasteiger partial charge >= 0.3 is 8.56 Å². The van der Waals surface area contributed by atoms with Crippen molar-refractivity contribution >= 4 is 13.7 Å². The first-order chi connectivity index (χ1) is 7.66. The number of rotatable bonds is 1. The maximum atomic E-state index is 12.9. The van der Waals surface area contributed by atoms with E-state index in [4.69, 9.17) is 8.85 Å². The Kier molecular flexibility index (Phi) is 2.73. The predicted octanol–water partition coefficient (Wildman–Crippen LogP) is 2.71. The number of benzene rings is 1. The van der Waals surface area contributed by atoms with Crippen LogP contribution in [0, 0.1) is 5.82 Å². The molecule has 0 radical (unpaired) electrons. The van der Waals surface area contributed by atoms with Gasteiger partial charge in [0.05, 0.1) is 11.2 Å². The average Bonchev–Trinajstić information content (AvgIpc) is 2.32. The molecule has 0 N–H and O–H groups in total. The van der Waals surface area contributed by atoms with E-state index < -0.39 is 8.56 Å². The molecule has 1 saturated heterocycles. The summed E-state index contributed by atoms with van der Waals surface area (Å²) >= 11 is 0. The molecule has 0 saturated carbocycles. The Labute approximate surface area is 103 Å². The zero-order chi connectivity index (χ0) is 12.9. The van der Waals surface area contributed by atoms with Crippen molar-refractivity contribution in [2.24, 2.45) is 0 Å². The van der Waals surface area contributed by atoms with Gasteiger partial charge in [-0.05, 0) is 51.6 Å². The maximum absolute atomic E-state index is 12.9. The lowest BCUT2D eigenvalue weighted by atomic mass is 9.90. The standard InChI is InChI=1S/C13H19FO2Si/c1-12(2)13(3,4)16-17(5,15-12)11-8-6-10(14)7-9-11/h6-9H,1-5H3. The lowest BCUT2D eigenvalue weighted by Gasteiger charge is -2.31. The van der Waals surface area contributed by atoms with Crippen LogP contribution in [0.15, 0.2) is 24.3 Å². The lowest BCUT2D eigenvalue weighted by Crippen LogP contribution is -2.48. The summed E-state index contributed by atoms with van der Waals surface area (Å²) in [6.45, 7) is 10.2. The lowest BCUT2D eigenvalue weighted by molar-refractivity contribution is 0.00578. The second-order valence-electron chi connectivity index (χ2n) is 5.68. The molecule has 0 aliphatic carbocycles. The van der Waals surface area contributed by atoms with Crippen LogP contribution in [0.5, 0.6) is 0 Å². The maximum Gasteiger partial charge on any atom is 0.370 e. The quantitative estimate of drug-likeness (QED) is 0.717. The van der Waals surface area contributed by atoms with Gasteiger partial charge in [-0.25, -0.2) is 4.39 Å². The first-order valence-corrected chi connectivity index (χ1v) is 8.14. The first-order valence-electron chi connectivity index (χ1n) is 5.83. The molecule has 0 unspecified atom stereocenters. The smallest absolute Gasteiger partial charge is 0.370 e. The van der Waals surface area contributed by atoms with Crippen LogP contribution < -0.4 is 5.19 Å². The van der Waals surface area contributed by atoms with Gasteiger partial charge in [0.2, 0.25) is 0 Å². The minimum atomic E-state index is -2.42. The van der Waals surface area contributed by atoms with E-state index in [1.807, 2.05) is 34.2 Å². The molecule has 4 heteroatoms. The van der Waals surface area contributed by atoms with E-state index in [-0.39, 0.29) is 17.0 Å². The van der Waals surface area contributed by atoms with Crippen LogP contribution in [0.3, 0.4) is 0 Å². The molecule has 1 heterocycles. The van der Waals surface area contributed by atoms with Crippen molar-refractivity contribution in [2.75, 3.05) is 0 Å². The van der Waals surface area contributed by atoms with Crippen molar-refractivity contribution in [3.8, 4) is 0 Å². The van der Waals surface area contributed by atoms with Crippen LogP contribution in [0.2, 0.25) is 6.55 Å². The molecule has 1 aliphatic rings. The zero-order valence-corrected chi connectivity index (χ0v) is 12.0. The molecule has 0 aromatic heterocycles. The van der Waals surface area contributed by atoms with Gasteiger partial charge in [0, 0.05) is 0 Å². The van der Waals surface area contributed by atoms with Crippen LogP contribution in [0.1, 0.15) is 27.7 Å². The highest BCUT2D eigenvalue weighted by molar-refractivity contribution is 6.80. The highest BCUT2D eigenvalue weighted by Crippen LogP contribution is 2.41. The molecule has 94 valence electrons. The van der Waals surface area contributed by atoms with Gasteiger partial charge in [0.1, 0.15) is 5.82 Å². The van der Waals surface area contributed by atoms with Gasteiger partial charge in [-0.2, -0.15) is 0 Å². The molecule has 0 spiro atoms. The second-order valence-corrected chi connectivity index (χ2v) is 8.55. The summed E-state index contributed by atoms with van der Waals surface area (Å²) in [5, 5.41) is 0.970. The highest BCUT2D eigenvalue weighted by atomic mass is 28.4. The fourth-order valence-corrected chi connectivity index (χ4v) is 5.60. The van der Waals surface area contributed by atoms with Gasteiger partial charge in [0.25, 0.3) is 0 Å². The number of halogens is 1. The molecule has 0 atom stereocenters. The van der Waals surface area contributed by atoms with Gasteiger partial charge in [0.15, 0.2) is 0 Å². The normalized spacial score (nSPS) is 24.8. The minimum Gasteiger partial charge on any atom is -0.383 e. The first kappa shape index (κ1) is 12.7. The molecule has 1 aliphatic heterocycles. The Bertz CT molecular complexity index is 410. The van der Waals surface area contributed by atoms with Crippen LogP contribution >= 0.6 is 0 Å². The Morgan fingerprint density at radius 2 is 1.35 bits per heavy atom.